The normalized spacial score (nSPS) is 18.6. The second-order valence-corrected chi connectivity index (χ2v) is 12.8. The molecule has 0 saturated carbocycles. The molecule has 3 atom stereocenters. The highest BCUT2D eigenvalue weighted by Gasteiger charge is 2.48. The van der Waals surface area contributed by atoms with E-state index in [2.05, 4.69) is 11.9 Å². The number of amides is 4. The number of imide groups is 1. The molecule has 10 heteroatoms. The maximum atomic E-state index is 12.9. The van der Waals surface area contributed by atoms with Crippen LogP contribution in [0.15, 0.2) is 4.99 Å². The molecule has 1 saturated heterocycles. The van der Waals surface area contributed by atoms with Gasteiger partial charge in [0, 0.05) is 41.0 Å². The molecule has 0 spiro atoms. The summed E-state index contributed by atoms with van der Waals surface area (Å²) in [4.78, 5) is 60.5. The first-order valence-corrected chi connectivity index (χ1v) is 17.4. The average Bonchev–Trinajstić information content (AvgIpc) is 3.37. The van der Waals surface area contributed by atoms with E-state index in [4.69, 9.17) is 4.74 Å². The maximum absolute atomic E-state index is 12.9. The van der Waals surface area contributed by atoms with Crippen LogP contribution < -0.4 is 0 Å². The number of esters is 1. The zero-order valence-corrected chi connectivity index (χ0v) is 28.4. The van der Waals surface area contributed by atoms with E-state index in [0.717, 1.165) is 70.8 Å². The van der Waals surface area contributed by atoms with Crippen molar-refractivity contribution in [3.63, 3.8) is 0 Å². The molecule has 0 radical (unpaired) electrons. The first kappa shape index (κ1) is 37.5. The van der Waals surface area contributed by atoms with Crippen molar-refractivity contribution in [2.75, 3.05) is 33.7 Å². The monoisotopic (exact) mass is 619 g/mol. The molecule has 4 amide bonds. The minimum absolute atomic E-state index is 0.0427. The van der Waals surface area contributed by atoms with Gasteiger partial charge in [-0.3, -0.25) is 19.3 Å². The number of aliphatic imine (C=N–C) groups is 1. The molecular formula is C34H61N5O5. The van der Waals surface area contributed by atoms with Crippen LogP contribution >= 0.6 is 0 Å². The van der Waals surface area contributed by atoms with Crippen molar-refractivity contribution in [2.24, 2.45) is 4.99 Å². The highest BCUT2D eigenvalue weighted by Crippen LogP contribution is 2.25. The highest BCUT2D eigenvalue weighted by atomic mass is 16.5. The molecule has 0 aromatic rings. The zero-order valence-electron chi connectivity index (χ0n) is 28.4. The van der Waals surface area contributed by atoms with Crippen LogP contribution in [0.25, 0.3) is 0 Å². The second-order valence-electron chi connectivity index (χ2n) is 12.8. The van der Waals surface area contributed by atoms with Crippen molar-refractivity contribution in [1.82, 2.24) is 19.6 Å². The third kappa shape index (κ3) is 13.1. The quantitative estimate of drug-likeness (QED) is 0.0919. The lowest BCUT2D eigenvalue weighted by Gasteiger charge is -2.40. The summed E-state index contributed by atoms with van der Waals surface area (Å²) in [6, 6.07) is -0.686. The third-order valence-electron chi connectivity index (χ3n) is 8.96. The molecule has 0 aromatic carbocycles. The van der Waals surface area contributed by atoms with Crippen LogP contribution in [-0.2, 0) is 19.1 Å². The van der Waals surface area contributed by atoms with Gasteiger partial charge in [-0.1, -0.05) is 96.8 Å². The Morgan fingerprint density at radius 3 is 1.95 bits per heavy atom. The highest BCUT2D eigenvalue weighted by molar-refractivity contribution is 6.02. The Balaban J connectivity index is 1.58. The fourth-order valence-electron chi connectivity index (χ4n) is 6.28. The number of hydrogen-bond acceptors (Lipinski definition) is 7. The summed E-state index contributed by atoms with van der Waals surface area (Å²) in [5.41, 5.74) is 0. The number of fused-ring (bicyclic) bond motifs is 1. The van der Waals surface area contributed by atoms with Gasteiger partial charge in [-0.25, -0.2) is 9.79 Å². The molecule has 0 bridgehead atoms. The minimum Gasteiger partial charge on any atom is -0.461 e. The van der Waals surface area contributed by atoms with E-state index < -0.39 is 12.2 Å². The summed E-state index contributed by atoms with van der Waals surface area (Å²) in [5, 5.41) is 0. The van der Waals surface area contributed by atoms with E-state index in [0.29, 0.717) is 13.1 Å². The summed E-state index contributed by atoms with van der Waals surface area (Å²) in [6.07, 6.45) is 21.2. The number of unbranched alkanes of at least 4 members (excludes halogenated alkanes) is 15. The second kappa shape index (κ2) is 21.2. The molecule has 1 fully saturated rings. The number of rotatable bonds is 24. The summed E-state index contributed by atoms with van der Waals surface area (Å²) in [6.45, 7) is 6.93. The van der Waals surface area contributed by atoms with Crippen LogP contribution in [0.2, 0.25) is 0 Å². The average molecular weight is 620 g/mol. The number of hydrogen-bond donors (Lipinski definition) is 0. The molecule has 3 unspecified atom stereocenters. The van der Waals surface area contributed by atoms with E-state index >= 15 is 0 Å². The molecule has 10 nitrogen and oxygen atoms in total. The molecule has 2 heterocycles. The van der Waals surface area contributed by atoms with Gasteiger partial charge < -0.3 is 19.4 Å². The summed E-state index contributed by atoms with van der Waals surface area (Å²) in [7, 11) is 3.53. The molecule has 2 rings (SSSR count). The number of ether oxygens (including phenoxy) is 1. The largest absolute Gasteiger partial charge is 0.461 e. The number of carbonyl (C=O) groups excluding carboxylic acids is 4. The standard InChI is InChI=1S/C34H61N5O5/c1-6-7-8-9-10-11-12-15-18-21-24-38(28(2)40)26-30(44-29(3)41)23-20-17-14-13-16-19-22-25-39-33(42)31-32(35-27-36(31)4)37(5)34(39)43/h27,30-32H,6-26H2,1-5H3. The topological polar surface area (TPSA) is 103 Å². The fourth-order valence-corrected chi connectivity index (χ4v) is 6.28. The Morgan fingerprint density at radius 1 is 0.841 bits per heavy atom. The molecule has 0 aromatic heterocycles. The number of urea groups is 1. The van der Waals surface area contributed by atoms with Gasteiger partial charge in [-0.2, -0.15) is 0 Å². The summed E-state index contributed by atoms with van der Waals surface area (Å²) < 4.78 is 5.60. The molecule has 44 heavy (non-hydrogen) atoms. The number of nitrogens with zero attached hydrogens (tertiary/aromatic N) is 5. The van der Waals surface area contributed by atoms with Gasteiger partial charge in [0.25, 0.3) is 5.91 Å². The molecular weight excluding hydrogens is 558 g/mol. The van der Waals surface area contributed by atoms with E-state index in [1.165, 1.54) is 63.2 Å². The Bertz CT molecular complexity index is 912. The van der Waals surface area contributed by atoms with E-state index in [1.807, 2.05) is 11.9 Å². The van der Waals surface area contributed by atoms with Gasteiger partial charge in [0.2, 0.25) is 5.91 Å². The van der Waals surface area contributed by atoms with Crippen LogP contribution in [0.1, 0.15) is 136 Å². The van der Waals surface area contributed by atoms with Crippen LogP contribution in [0, 0.1) is 0 Å². The van der Waals surface area contributed by atoms with Crippen LogP contribution in [0.4, 0.5) is 4.79 Å². The lowest BCUT2D eigenvalue weighted by molar-refractivity contribution is -0.149. The number of carbonyl (C=O) groups is 4. The third-order valence-corrected chi connectivity index (χ3v) is 8.96. The van der Waals surface area contributed by atoms with E-state index in [-0.39, 0.29) is 29.9 Å². The predicted molar refractivity (Wildman–Crippen MR) is 175 cm³/mol. The smallest absolute Gasteiger partial charge is 0.328 e. The minimum atomic E-state index is -0.424. The first-order valence-electron chi connectivity index (χ1n) is 17.4. The molecule has 252 valence electrons. The van der Waals surface area contributed by atoms with Crippen molar-refractivity contribution in [2.45, 2.75) is 155 Å². The Morgan fingerprint density at radius 2 is 1.39 bits per heavy atom. The zero-order chi connectivity index (χ0) is 32.3. The van der Waals surface area contributed by atoms with Crippen molar-refractivity contribution >= 4 is 30.2 Å². The van der Waals surface area contributed by atoms with E-state index in [9.17, 15) is 19.2 Å². The van der Waals surface area contributed by atoms with Crippen molar-refractivity contribution in [3.8, 4) is 0 Å². The van der Waals surface area contributed by atoms with E-state index in [1.54, 1.807) is 30.1 Å². The maximum Gasteiger partial charge on any atom is 0.328 e. The van der Waals surface area contributed by atoms with Gasteiger partial charge in [0.05, 0.1) is 12.9 Å². The SMILES string of the molecule is CCCCCCCCCCCCN(CC(CCCCCCCCCN1C(=O)C2C(N=CN2C)N(C)C1=O)OC(C)=O)C(C)=O. The lowest BCUT2D eigenvalue weighted by atomic mass is 10.0. The van der Waals surface area contributed by atoms with Crippen molar-refractivity contribution in [3.05, 3.63) is 0 Å². The molecule has 2 aliphatic heterocycles. The van der Waals surface area contributed by atoms with Crippen LogP contribution in [0.3, 0.4) is 0 Å². The summed E-state index contributed by atoms with van der Waals surface area (Å²) in [5.74, 6) is -0.412. The van der Waals surface area contributed by atoms with Gasteiger partial charge >= 0.3 is 12.0 Å². The van der Waals surface area contributed by atoms with Gasteiger partial charge in [0.1, 0.15) is 6.10 Å². The Labute approximate surface area is 266 Å². The Hall–Kier alpha value is -2.65. The van der Waals surface area contributed by atoms with Crippen molar-refractivity contribution < 1.29 is 23.9 Å². The van der Waals surface area contributed by atoms with Gasteiger partial charge in [-0.05, 0) is 25.7 Å². The van der Waals surface area contributed by atoms with Crippen LogP contribution in [0.5, 0.6) is 0 Å². The summed E-state index contributed by atoms with van der Waals surface area (Å²) >= 11 is 0. The predicted octanol–water partition coefficient (Wildman–Crippen LogP) is 6.37. The van der Waals surface area contributed by atoms with Crippen molar-refractivity contribution in [1.29, 1.82) is 0 Å². The van der Waals surface area contributed by atoms with Gasteiger partial charge in [-0.15, -0.1) is 0 Å². The number of likely N-dealkylation sites (N-methyl/N-ethyl adjacent to an activating group) is 2. The molecule has 0 aliphatic carbocycles. The fraction of sp³-hybridized carbons (Fsp3) is 0.853. The molecule has 2 aliphatic rings. The Kier molecular flexibility index (Phi) is 18.0. The lowest BCUT2D eigenvalue weighted by Crippen LogP contribution is -2.64. The van der Waals surface area contributed by atoms with Crippen LogP contribution in [-0.4, -0.2) is 102 Å². The molecule has 0 N–H and O–H groups in total. The van der Waals surface area contributed by atoms with Gasteiger partial charge in [0.15, 0.2) is 12.2 Å². The first-order chi connectivity index (χ1) is 21.2.